The van der Waals surface area contributed by atoms with Gasteiger partial charge in [0.25, 0.3) is 5.79 Å². The molecule has 14 N–H and O–H groups in total. The fourth-order valence-electron chi connectivity index (χ4n) is 12.3. The third-order valence-electron chi connectivity index (χ3n) is 17.8. The van der Waals surface area contributed by atoms with Gasteiger partial charge in [0.2, 0.25) is 11.8 Å². The van der Waals surface area contributed by atoms with Gasteiger partial charge >= 0.3 is 5.97 Å². The number of carboxylic acids is 1. The Bertz CT molecular complexity index is 1790. The number of unbranched alkanes of at least 4 members (excludes halogenated alkanes) is 32. The Morgan fingerprint density at radius 2 is 0.989 bits per heavy atom. The van der Waals surface area contributed by atoms with E-state index in [4.69, 9.17) is 28.4 Å². The van der Waals surface area contributed by atoms with Gasteiger partial charge in [-0.2, -0.15) is 0 Å². The second-order valence-corrected chi connectivity index (χ2v) is 25.4. The molecule has 0 aromatic carbocycles. The monoisotopic (exact) mass is 1270 g/mol. The van der Waals surface area contributed by atoms with Gasteiger partial charge in [-0.1, -0.05) is 226 Å². The van der Waals surface area contributed by atoms with Crippen molar-refractivity contribution in [1.82, 2.24) is 10.6 Å². The van der Waals surface area contributed by atoms with E-state index in [-0.39, 0.29) is 18.9 Å². The number of nitrogens with one attached hydrogen (secondary N) is 2. The number of hydrogen-bond acceptors (Lipinski definition) is 20. The predicted octanol–water partition coefficient (Wildman–Crippen LogP) is 5.73. The van der Waals surface area contributed by atoms with Crippen LogP contribution in [0.2, 0.25) is 0 Å². The maximum Gasteiger partial charge on any atom is 0.364 e. The molecule has 3 saturated heterocycles. The number of hydrogen-bond donors (Lipinski definition) is 14. The zero-order valence-electron chi connectivity index (χ0n) is 53.8. The molecule has 18 unspecified atom stereocenters. The molecule has 23 nitrogen and oxygen atoms in total. The molecule has 0 radical (unpaired) electrons. The number of aliphatic carboxylic acids is 1. The first-order chi connectivity index (χ1) is 42.4. The first-order valence-electron chi connectivity index (χ1n) is 34.4. The molecule has 2 amide bonds. The van der Waals surface area contributed by atoms with Gasteiger partial charge in [-0.15, -0.1) is 0 Å². The molecule has 0 saturated carbocycles. The van der Waals surface area contributed by atoms with Crippen LogP contribution in [0.5, 0.6) is 0 Å². The van der Waals surface area contributed by atoms with Crippen molar-refractivity contribution in [1.29, 1.82) is 0 Å². The van der Waals surface area contributed by atoms with E-state index in [9.17, 15) is 75.7 Å². The normalized spacial score (nSPS) is 28.9. The van der Waals surface area contributed by atoms with E-state index in [0.29, 0.717) is 19.3 Å². The van der Waals surface area contributed by atoms with Crippen molar-refractivity contribution >= 4 is 17.8 Å². The fourth-order valence-corrected chi connectivity index (χ4v) is 12.3. The quantitative estimate of drug-likeness (QED) is 0.0323. The Morgan fingerprint density at radius 1 is 0.545 bits per heavy atom. The summed E-state index contributed by atoms with van der Waals surface area (Å²) in [6, 6.07) is -2.52. The van der Waals surface area contributed by atoms with Crippen molar-refractivity contribution in [3.63, 3.8) is 0 Å². The molecule has 23 heteroatoms. The number of amides is 2. The van der Waals surface area contributed by atoms with Crippen LogP contribution in [0, 0.1) is 0 Å². The van der Waals surface area contributed by atoms with Crippen molar-refractivity contribution in [3.8, 4) is 0 Å². The second-order valence-electron chi connectivity index (χ2n) is 25.4. The minimum Gasteiger partial charge on any atom is -0.477 e. The van der Waals surface area contributed by atoms with Crippen LogP contribution >= 0.6 is 0 Å². The standard InChI is InChI=1S/C65H122N2O21/c1-4-6-8-10-12-14-16-18-20-22-23-25-27-29-31-33-35-37-39-52(75)67-46(47(72)38-36-34-32-30-28-26-24-21-19-17-15-13-11-9-7-5-2)44-83-62-57(79)56(78)59(51(43-70)85-62)86-63-58(80)61(55(77)50(42-69)84-63)88-65(64(81)82)40-48(73)53(66-45(3)71)60(87-65)54(76)49(74)41-68/h46-51,53-63,68-70,72-74,76-80H,4-44H2,1-3H3,(H,66,71)(H,67,75)(H,81,82). The highest BCUT2D eigenvalue weighted by Gasteiger charge is 2.60. The topological polar surface area (TPSA) is 373 Å². The molecule has 0 aromatic rings. The Balaban J connectivity index is 1.60. The minimum atomic E-state index is -3.08. The molecule has 3 rings (SSSR count). The number of carboxylic acid groups (broad SMARTS) is 1. The molecule has 18 atom stereocenters. The summed E-state index contributed by atoms with van der Waals surface area (Å²) in [5, 5.41) is 136. The lowest BCUT2D eigenvalue weighted by Crippen LogP contribution is -2.70. The second kappa shape index (κ2) is 46.7. The van der Waals surface area contributed by atoms with E-state index >= 15 is 0 Å². The lowest BCUT2D eigenvalue weighted by molar-refractivity contribution is -0.386. The third kappa shape index (κ3) is 29.4. The summed E-state index contributed by atoms with van der Waals surface area (Å²) in [5.41, 5.74) is 0. The fraction of sp³-hybridized carbons (Fsp3) is 0.954. The lowest BCUT2D eigenvalue weighted by atomic mass is 9.88. The van der Waals surface area contributed by atoms with Crippen LogP contribution in [0.15, 0.2) is 0 Å². The summed E-state index contributed by atoms with van der Waals surface area (Å²) >= 11 is 0. The molecule has 3 aliphatic heterocycles. The number of aliphatic hydroxyl groups excluding tert-OH is 11. The maximum absolute atomic E-state index is 13.5. The maximum atomic E-state index is 13.5. The van der Waals surface area contributed by atoms with Crippen LogP contribution in [0.3, 0.4) is 0 Å². The summed E-state index contributed by atoms with van der Waals surface area (Å²) in [7, 11) is 0. The summed E-state index contributed by atoms with van der Waals surface area (Å²) < 4.78 is 34.8. The van der Waals surface area contributed by atoms with Crippen LogP contribution in [-0.4, -0.2) is 215 Å². The first kappa shape index (κ1) is 80.0. The Hall–Kier alpha value is -2.27. The molecule has 3 fully saturated rings. The molecule has 0 spiro atoms. The largest absolute Gasteiger partial charge is 0.477 e. The predicted molar refractivity (Wildman–Crippen MR) is 329 cm³/mol. The molecule has 3 aliphatic rings. The molecular weight excluding hydrogens is 1140 g/mol. The molecule has 0 aliphatic carbocycles. The van der Waals surface area contributed by atoms with Gasteiger partial charge in [-0.3, -0.25) is 9.59 Å². The van der Waals surface area contributed by atoms with E-state index in [0.717, 1.165) is 51.9 Å². The molecule has 0 bridgehead atoms. The van der Waals surface area contributed by atoms with Gasteiger partial charge in [0.05, 0.1) is 50.7 Å². The van der Waals surface area contributed by atoms with E-state index in [1.165, 1.54) is 161 Å². The highest BCUT2D eigenvalue weighted by atomic mass is 16.8. The van der Waals surface area contributed by atoms with E-state index in [2.05, 4.69) is 24.5 Å². The van der Waals surface area contributed by atoms with Crippen molar-refractivity contribution < 1.29 is 104 Å². The zero-order chi connectivity index (χ0) is 64.7. The van der Waals surface area contributed by atoms with Gasteiger partial charge in [0.1, 0.15) is 67.1 Å². The smallest absolute Gasteiger partial charge is 0.364 e. The van der Waals surface area contributed by atoms with Crippen LogP contribution in [-0.2, 0) is 42.8 Å². The van der Waals surface area contributed by atoms with Crippen LogP contribution in [0.1, 0.15) is 258 Å². The van der Waals surface area contributed by atoms with Gasteiger partial charge in [-0.25, -0.2) is 4.79 Å². The van der Waals surface area contributed by atoms with Crippen LogP contribution in [0.25, 0.3) is 0 Å². The average Bonchev–Trinajstić information content (AvgIpc) is 1.23. The SMILES string of the molecule is CCCCCCCCCCCCCCCCCCCCC(=O)NC(COC1OC(CO)C(OC2OC(CO)C(O)C(OC3(C(=O)O)CC(O)C(NC(C)=O)C(C(O)C(O)CO)O3)C2O)C(O)C1O)C(O)CCCCCCCCCCCCCCCCCC. The molecular formula is C65H122N2O21. The van der Waals surface area contributed by atoms with Crippen molar-refractivity contribution in [3.05, 3.63) is 0 Å². The molecule has 518 valence electrons. The lowest BCUT2D eigenvalue weighted by Gasteiger charge is -2.50. The van der Waals surface area contributed by atoms with E-state index in [1.807, 2.05) is 0 Å². The van der Waals surface area contributed by atoms with Crippen molar-refractivity contribution in [2.24, 2.45) is 0 Å². The highest BCUT2D eigenvalue weighted by Crippen LogP contribution is 2.39. The summed E-state index contributed by atoms with van der Waals surface area (Å²) in [6.07, 6.45) is 12.4. The van der Waals surface area contributed by atoms with Crippen molar-refractivity contribution in [2.45, 2.75) is 368 Å². The minimum absolute atomic E-state index is 0.229. The molecule has 3 heterocycles. The van der Waals surface area contributed by atoms with Gasteiger partial charge in [-0.05, 0) is 12.8 Å². The summed E-state index contributed by atoms with van der Waals surface area (Å²) in [5.74, 6) is -6.09. The Labute approximate surface area is 525 Å². The first-order valence-corrected chi connectivity index (χ1v) is 34.4. The summed E-state index contributed by atoms with van der Waals surface area (Å²) in [4.78, 5) is 38.5. The summed E-state index contributed by atoms with van der Waals surface area (Å²) in [6.45, 7) is 2.22. The van der Waals surface area contributed by atoms with Gasteiger partial charge < -0.3 is 100 Å². The van der Waals surface area contributed by atoms with Crippen LogP contribution < -0.4 is 10.6 Å². The third-order valence-corrected chi connectivity index (χ3v) is 17.8. The number of aliphatic hydroxyl groups is 11. The number of ether oxygens (including phenoxy) is 6. The van der Waals surface area contributed by atoms with Gasteiger partial charge in [0.15, 0.2) is 12.6 Å². The number of rotatable bonds is 52. The molecule has 88 heavy (non-hydrogen) atoms. The highest BCUT2D eigenvalue weighted by molar-refractivity contribution is 5.77. The van der Waals surface area contributed by atoms with E-state index in [1.54, 1.807) is 0 Å². The number of carbonyl (C=O) groups is 3. The van der Waals surface area contributed by atoms with Gasteiger partial charge in [0, 0.05) is 19.8 Å². The molecule has 0 aromatic heterocycles. The number of carbonyl (C=O) groups excluding carboxylic acids is 2. The zero-order valence-corrected chi connectivity index (χ0v) is 53.8. The average molecular weight is 1270 g/mol. The Morgan fingerprint density at radius 3 is 1.42 bits per heavy atom. The Kier molecular flexibility index (Phi) is 42.5. The van der Waals surface area contributed by atoms with Crippen LogP contribution in [0.4, 0.5) is 0 Å². The van der Waals surface area contributed by atoms with E-state index < -0.39 is 148 Å². The van der Waals surface area contributed by atoms with Crippen molar-refractivity contribution in [2.75, 3.05) is 26.4 Å².